The summed E-state index contributed by atoms with van der Waals surface area (Å²) in [6.45, 7) is 6.00. The van der Waals surface area contributed by atoms with E-state index in [-0.39, 0.29) is 29.8 Å². The van der Waals surface area contributed by atoms with Crippen LogP contribution in [0.5, 0.6) is 0 Å². The Bertz CT molecular complexity index is 989. The average molecular weight is 440 g/mol. The van der Waals surface area contributed by atoms with Crippen molar-refractivity contribution < 1.29 is 14.3 Å². The maximum absolute atomic E-state index is 12.9. The largest absolute Gasteiger partial charge is 0.461 e. The number of carbonyl (C=O) groups is 2. The Morgan fingerprint density at radius 2 is 1.81 bits per heavy atom. The number of benzene rings is 1. The van der Waals surface area contributed by atoms with Crippen molar-refractivity contribution in [1.29, 1.82) is 0 Å². The first-order valence-electron chi connectivity index (χ1n) is 11.6. The molecule has 1 fully saturated rings. The summed E-state index contributed by atoms with van der Waals surface area (Å²) >= 11 is 0. The van der Waals surface area contributed by atoms with Gasteiger partial charge in [-0.3, -0.25) is 9.59 Å². The molecular formula is C25H33N3O4. The highest BCUT2D eigenvalue weighted by Gasteiger charge is 2.28. The van der Waals surface area contributed by atoms with E-state index in [1.165, 1.54) is 25.3 Å². The highest BCUT2D eigenvalue weighted by atomic mass is 16.5. The van der Waals surface area contributed by atoms with Crippen LogP contribution in [0.15, 0.2) is 35.1 Å². The number of hydrogen-bond acceptors (Lipinski definition) is 5. The number of aromatic nitrogens is 2. The van der Waals surface area contributed by atoms with Gasteiger partial charge in [-0.25, -0.2) is 4.79 Å². The predicted octanol–water partition coefficient (Wildman–Crippen LogP) is 4.65. The first-order valence-corrected chi connectivity index (χ1v) is 11.6. The Hall–Kier alpha value is -2.96. The molecule has 0 atom stereocenters. The summed E-state index contributed by atoms with van der Waals surface area (Å²) in [6, 6.07) is 8.49. The number of hydrogen-bond donors (Lipinski definition) is 1. The summed E-state index contributed by atoms with van der Waals surface area (Å²) in [6.07, 6.45) is 7.36. The van der Waals surface area contributed by atoms with E-state index in [1.54, 1.807) is 19.1 Å². The standard InChI is InChI=1S/C25H33N3O4/c1-4-6-7-18-10-12-19(13-11-18)24(30)26-21-16-22(29)28(20-14-8-17(3)9-15-20)27-23(21)25(31)32-5-2/h8-9,14-16,18-19H,4-7,10-13H2,1-3H3,(H,26,30). The molecule has 0 saturated heterocycles. The molecule has 1 aliphatic rings. The molecule has 3 rings (SSSR count). The Kier molecular flexibility index (Phi) is 8.20. The van der Waals surface area contributed by atoms with E-state index in [4.69, 9.17) is 4.74 Å². The lowest BCUT2D eigenvalue weighted by atomic mass is 9.79. The number of anilines is 1. The molecule has 1 heterocycles. The fraction of sp³-hybridized carbons (Fsp3) is 0.520. The van der Waals surface area contributed by atoms with E-state index in [0.717, 1.165) is 35.9 Å². The van der Waals surface area contributed by atoms with Crippen LogP contribution in [0, 0.1) is 18.8 Å². The molecule has 172 valence electrons. The molecule has 0 radical (unpaired) electrons. The minimum atomic E-state index is -0.674. The second-order valence-corrected chi connectivity index (χ2v) is 8.56. The SMILES string of the molecule is CCCCC1CCC(C(=O)Nc2cc(=O)n(-c3ccc(C)cc3)nc2C(=O)OCC)CC1. The predicted molar refractivity (Wildman–Crippen MR) is 124 cm³/mol. The van der Waals surface area contributed by atoms with Crippen molar-refractivity contribution in [2.45, 2.75) is 65.7 Å². The van der Waals surface area contributed by atoms with Crippen LogP contribution in [0.25, 0.3) is 5.69 Å². The molecule has 1 aromatic carbocycles. The molecule has 1 amide bonds. The van der Waals surface area contributed by atoms with Crippen molar-refractivity contribution in [2.24, 2.45) is 11.8 Å². The van der Waals surface area contributed by atoms with Gasteiger partial charge >= 0.3 is 5.97 Å². The fourth-order valence-electron chi connectivity index (χ4n) is 4.21. The molecule has 1 saturated carbocycles. The van der Waals surface area contributed by atoms with Crippen LogP contribution in [0.4, 0.5) is 5.69 Å². The molecule has 7 heteroatoms. The number of unbranched alkanes of at least 4 members (excludes halogenated alkanes) is 1. The Morgan fingerprint density at radius 3 is 2.44 bits per heavy atom. The van der Waals surface area contributed by atoms with Crippen LogP contribution in [0.2, 0.25) is 0 Å². The van der Waals surface area contributed by atoms with Gasteiger partial charge in [0.1, 0.15) is 0 Å². The smallest absolute Gasteiger partial charge is 0.360 e. The molecular weight excluding hydrogens is 406 g/mol. The van der Waals surface area contributed by atoms with Gasteiger partial charge in [-0.15, -0.1) is 0 Å². The van der Waals surface area contributed by atoms with E-state index in [1.807, 2.05) is 19.1 Å². The number of carbonyl (C=O) groups excluding carboxylic acids is 2. The maximum Gasteiger partial charge on any atom is 0.360 e. The number of esters is 1. The number of aryl methyl sites for hydroxylation is 1. The first kappa shape index (κ1) is 23.7. The number of ether oxygens (including phenoxy) is 1. The van der Waals surface area contributed by atoms with E-state index in [2.05, 4.69) is 17.3 Å². The Balaban J connectivity index is 1.81. The van der Waals surface area contributed by atoms with Crippen LogP contribution in [-0.2, 0) is 9.53 Å². The van der Waals surface area contributed by atoms with Gasteiger partial charge in [-0.1, -0.05) is 43.9 Å². The zero-order chi connectivity index (χ0) is 23.1. The van der Waals surface area contributed by atoms with Crippen molar-refractivity contribution in [2.75, 3.05) is 11.9 Å². The van der Waals surface area contributed by atoms with Crippen LogP contribution < -0.4 is 10.9 Å². The van der Waals surface area contributed by atoms with Crippen molar-refractivity contribution >= 4 is 17.6 Å². The van der Waals surface area contributed by atoms with Gasteiger partial charge in [0, 0.05) is 12.0 Å². The summed E-state index contributed by atoms with van der Waals surface area (Å²) in [5, 5.41) is 7.04. The molecule has 0 bridgehead atoms. The lowest BCUT2D eigenvalue weighted by Gasteiger charge is -2.27. The zero-order valence-electron chi connectivity index (χ0n) is 19.2. The van der Waals surface area contributed by atoms with Gasteiger partial charge in [-0.05, 0) is 57.6 Å². The summed E-state index contributed by atoms with van der Waals surface area (Å²) in [4.78, 5) is 38.2. The molecule has 0 spiro atoms. The number of nitrogens with zero attached hydrogens (tertiary/aromatic N) is 2. The molecule has 1 aliphatic carbocycles. The van der Waals surface area contributed by atoms with Crippen LogP contribution >= 0.6 is 0 Å². The van der Waals surface area contributed by atoms with Gasteiger partial charge in [0.15, 0.2) is 5.69 Å². The summed E-state index contributed by atoms with van der Waals surface area (Å²) in [5.41, 5.74) is 1.18. The second kappa shape index (κ2) is 11.1. The van der Waals surface area contributed by atoms with Crippen molar-refractivity contribution in [3.8, 4) is 5.69 Å². The monoisotopic (exact) mass is 439 g/mol. The lowest BCUT2D eigenvalue weighted by Crippen LogP contribution is -2.31. The third kappa shape index (κ3) is 5.84. The average Bonchev–Trinajstić information content (AvgIpc) is 2.79. The topological polar surface area (TPSA) is 90.3 Å². The number of amides is 1. The summed E-state index contributed by atoms with van der Waals surface area (Å²) in [7, 11) is 0. The lowest BCUT2D eigenvalue weighted by molar-refractivity contribution is -0.121. The highest BCUT2D eigenvalue weighted by molar-refractivity contribution is 6.00. The minimum Gasteiger partial charge on any atom is -0.461 e. The fourth-order valence-corrected chi connectivity index (χ4v) is 4.21. The van der Waals surface area contributed by atoms with E-state index in [0.29, 0.717) is 11.6 Å². The Labute approximate surface area is 189 Å². The number of rotatable bonds is 8. The summed E-state index contributed by atoms with van der Waals surface area (Å²) in [5.74, 6) is -0.276. The normalized spacial score (nSPS) is 18.2. The highest BCUT2D eigenvalue weighted by Crippen LogP contribution is 2.32. The van der Waals surface area contributed by atoms with Crippen molar-refractivity contribution in [1.82, 2.24) is 9.78 Å². The van der Waals surface area contributed by atoms with Crippen molar-refractivity contribution in [3.63, 3.8) is 0 Å². The van der Waals surface area contributed by atoms with Gasteiger partial charge in [0.25, 0.3) is 5.56 Å². The molecule has 7 nitrogen and oxygen atoms in total. The van der Waals surface area contributed by atoms with Gasteiger partial charge < -0.3 is 10.1 Å². The van der Waals surface area contributed by atoms with Gasteiger partial charge in [0.2, 0.25) is 5.91 Å². The van der Waals surface area contributed by atoms with E-state index in [9.17, 15) is 14.4 Å². The van der Waals surface area contributed by atoms with Crippen LogP contribution in [0.1, 0.15) is 74.8 Å². The second-order valence-electron chi connectivity index (χ2n) is 8.56. The summed E-state index contributed by atoms with van der Waals surface area (Å²) < 4.78 is 6.28. The maximum atomic E-state index is 12.9. The minimum absolute atomic E-state index is 0.0722. The number of nitrogens with one attached hydrogen (secondary N) is 1. The quantitative estimate of drug-likeness (QED) is 0.605. The zero-order valence-corrected chi connectivity index (χ0v) is 19.2. The third-order valence-electron chi connectivity index (χ3n) is 6.12. The molecule has 1 N–H and O–H groups in total. The third-order valence-corrected chi connectivity index (χ3v) is 6.12. The van der Waals surface area contributed by atoms with Gasteiger partial charge in [0.05, 0.1) is 18.0 Å². The van der Waals surface area contributed by atoms with Crippen LogP contribution in [-0.4, -0.2) is 28.3 Å². The van der Waals surface area contributed by atoms with Crippen molar-refractivity contribution in [3.05, 3.63) is 51.9 Å². The molecule has 1 aromatic heterocycles. The van der Waals surface area contributed by atoms with E-state index < -0.39 is 11.5 Å². The van der Waals surface area contributed by atoms with Gasteiger partial charge in [-0.2, -0.15) is 9.78 Å². The van der Waals surface area contributed by atoms with E-state index >= 15 is 0 Å². The molecule has 32 heavy (non-hydrogen) atoms. The first-order chi connectivity index (χ1) is 15.4. The van der Waals surface area contributed by atoms with Crippen LogP contribution in [0.3, 0.4) is 0 Å². The molecule has 2 aromatic rings. The molecule has 0 aliphatic heterocycles. The molecule has 0 unspecified atom stereocenters. The Morgan fingerprint density at radius 1 is 1.12 bits per heavy atom.